The minimum Gasteiger partial charge on any atom is -0.480 e. The Morgan fingerprint density at radius 2 is 1.64 bits per heavy atom. The van der Waals surface area contributed by atoms with Gasteiger partial charge in [0.1, 0.15) is 30.2 Å². The molecule has 50 heavy (non-hydrogen) atoms. The van der Waals surface area contributed by atoms with Crippen molar-refractivity contribution in [2.75, 3.05) is 25.1 Å². The highest BCUT2D eigenvalue weighted by atomic mass is 32.2. The van der Waals surface area contributed by atoms with Gasteiger partial charge in [-0.3, -0.25) is 33.6 Å². The van der Waals surface area contributed by atoms with Crippen molar-refractivity contribution in [1.82, 2.24) is 36.5 Å². The molecule has 7 N–H and O–H groups in total. The van der Waals surface area contributed by atoms with E-state index in [4.69, 9.17) is 0 Å². The number of aromatic nitrogens is 1. The van der Waals surface area contributed by atoms with Crippen LogP contribution in [0.5, 0.6) is 0 Å². The number of nitrogens with one attached hydrogen (secondary N) is 6. The van der Waals surface area contributed by atoms with Gasteiger partial charge in [-0.25, -0.2) is 0 Å². The number of hydrogen-bond donors (Lipinski definition) is 7. The highest BCUT2D eigenvalue weighted by Crippen LogP contribution is 2.20. The zero-order chi connectivity index (χ0) is 37.0. The van der Waals surface area contributed by atoms with E-state index in [-0.39, 0.29) is 24.7 Å². The number of carboxylic acid groups (broad SMARTS) is 1. The van der Waals surface area contributed by atoms with Crippen molar-refractivity contribution in [3.63, 3.8) is 0 Å². The van der Waals surface area contributed by atoms with Crippen LogP contribution in [0.1, 0.15) is 58.9 Å². The van der Waals surface area contributed by atoms with Crippen LogP contribution in [0.2, 0.25) is 0 Å². The van der Waals surface area contributed by atoms with Crippen LogP contribution < -0.4 is 26.6 Å². The largest absolute Gasteiger partial charge is 0.480 e. The molecule has 2 heterocycles. The molecular formula is C34H49N7O8S. The summed E-state index contributed by atoms with van der Waals surface area (Å²) in [5.74, 6) is -3.98. The van der Waals surface area contributed by atoms with Gasteiger partial charge in [-0.2, -0.15) is 11.8 Å². The summed E-state index contributed by atoms with van der Waals surface area (Å²) in [6, 6.07) is 2.34. The molecule has 5 atom stereocenters. The number of para-hydroxylation sites is 1. The molecule has 16 heteroatoms. The molecule has 3 rings (SSSR count). The lowest BCUT2D eigenvalue weighted by Crippen LogP contribution is -2.57. The van der Waals surface area contributed by atoms with Crippen LogP contribution >= 0.6 is 11.8 Å². The number of hydrogen-bond acceptors (Lipinski definition) is 8. The molecule has 1 aromatic heterocycles. The Morgan fingerprint density at radius 1 is 0.940 bits per heavy atom. The van der Waals surface area contributed by atoms with Crippen LogP contribution in [-0.4, -0.2) is 112 Å². The van der Waals surface area contributed by atoms with E-state index in [1.165, 1.54) is 30.5 Å². The van der Waals surface area contributed by atoms with Gasteiger partial charge in [0.2, 0.25) is 35.4 Å². The first-order chi connectivity index (χ1) is 23.7. The first-order valence-corrected chi connectivity index (χ1v) is 18.1. The molecule has 6 amide bonds. The molecule has 1 saturated heterocycles. The summed E-state index contributed by atoms with van der Waals surface area (Å²) in [5, 5.41) is 23.2. The molecule has 0 bridgehead atoms. The van der Waals surface area contributed by atoms with Crippen molar-refractivity contribution < 1.29 is 38.7 Å². The lowest BCUT2D eigenvalue weighted by molar-refractivity contribution is -0.141. The van der Waals surface area contributed by atoms with Gasteiger partial charge in [0.05, 0.1) is 6.54 Å². The van der Waals surface area contributed by atoms with Crippen molar-refractivity contribution in [2.24, 2.45) is 5.92 Å². The number of carbonyl (C=O) groups is 7. The van der Waals surface area contributed by atoms with Gasteiger partial charge in [0.15, 0.2) is 0 Å². The number of nitrogens with zero attached hydrogens (tertiary/aromatic N) is 1. The van der Waals surface area contributed by atoms with Crippen molar-refractivity contribution in [3.8, 4) is 0 Å². The van der Waals surface area contributed by atoms with Crippen LogP contribution in [-0.2, 0) is 40.0 Å². The summed E-state index contributed by atoms with van der Waals surface area (Å²) < 4.78 is 0. The molecule has 1 aromatic carbocycles. The van der Waals surface area contributed by atoms with Crippen molar-refractivity contribution >= 4 is 64.1 Å². The van der Waals surface area contributed by atoms with Gasteiger partial charge in [-0.1, -0.05) is 32.0 Å². The maximum atomic E-state index is 13.6. The van der Waals surface area contributed by atoms with Crippen LogP contribution in [0.25, 0.3) is 10.9 Å². The first kappa shape index (κ1) is 39.8. The standard InChI is InChI=1S/C34H49N7O8S/c1-19(2)15-26(40-33(47)28-11-8-13-41(28)21(4)42)30(44)36-18-29(43)38-25(12-14-50-5)31(45)39-27(32(46)37-20(3)34(48)49)16-22-17-35-24-10-7-6-9-23(22)24/h6-7,9-10,17,19-20,25-28,35H,8,11-16,18H2,1-5H3,(H,36,44)(H,37,46)(H,38,43)(H,39,45)(H,40,47)(H,48,49). The number of thioether (sulfide) groups is 1. The molecule has 15 nitrogen and oxygen atoms in total. The minimum atomic E-state index is -1.24. The Kier molecular flexibility index (Phi) is 15.1. The SMILES string of the molecule is CSCCC(NC(=O)CNC(=O)C(CC(C)C)NC(=O)C1CCCN1C(C)=O)C(=O)NC(Cc1c[nH]c2ccccc12)C(=O)NC(C)C(=O)O. The third-order valence-corrected chi connectivity index (χ3v) is 9.09. The second-order valence-electron chi connectivity index (χ2n) is 12.9. The fourth-order valence-electron chi connectivity index (χ4n) is 5.81. The third kappa shape index (κ3) is 11.5. The van der Waals surface area contributed by atoms with E-state index in [0.717, 1.165) is 16.5 Å². The lowest BCUT2D eigenvalue weighted by Gasteiger charge is -2.26. The zero-order valence-corrected chi connectivity index (χ0v) is 30.0. The number of aromatic amines is 1. The van der Waals surface area contributed by atoms with E-state index in [9.17, 15) is 38.7 Å². The van der Waals surface area contributed by atoms with E-state index < -0.39 is 72.3 Å². The van der Waals surface area contributed by atoms with Gasteiger partial charge < -0.3 is 41.6 Å². The smallest absolute Gasteiger partial charge is 0.325 e. The molecule has 1 aliphatic rings. The summed E-state index contributed by atoms with van der Waals surface area (Å²) in [6.45, 7) is 6.47. The Morgan fingerprint density at radius 3 is 2.30 bits per heavy atom. The highest BCUT2D eigenvalue weighted by molar-refractivity contribution is 7.98. The summed E-state index contributed by atoms with van der Waals surface area (Å²) in [6.07, 6.45) is 5.27. The third-order valence-electron chi connectivity index (χ3n) is 8.45. The van der Waals surface area contributed by atoms with Crippen LogP contribution in [0, 0.1) is 5.92 Å². The fourth-order valence-corrected chi connectivity index (χ4v) is 6.28. The minimum absolute atomic E-state index is 0.0277. The predicted octanol–water partition coefficient (Wildman–Crippen LogP) is 0.680. The number of amides is 6. The lowest BCUT2D eigenvalue weighted by atomic mass is 10.0. The number of carboxylic acids is 1. The maximum Gasteiger partial charge on any atom is 0.325 e. The highest BCUT2D eigenvalue weighted by Gasteiger charge is 2.35. The number of likely N-dealkylation sites (tertiary alicyclic amines) is 1. The number of fused-ring (bicyclic) bond motifs is 1. The van der Waals surface area contributed by atoms with Gasteiger partial charge in [0, 0.05) is 37.0 Å². The topological polar surface area (TPSA) is 219 Å². The Balaban J connectivity index is 1.69. The van der Waals surface area contributed by atoms with Gasteiger partial charge >= 0.3 is 5.97 Å². The van der Waals surface area contributed by atoms with Crippen molar-refractivity contribution in [2.45, 2.75) is 90.0 Å². The monoisotopic (exact) mass is 715 g/mol. The fraction of sp³-hybridized carbons (Fsp3) is 0.559. The molecule has 2 aromatic rings. The Labute approximate surface area is 295 Å². The summed E-state index contributed by atoms with van der Waals surface area (Å²) in [7, 11) is 0. The van der Waals surface area contributed by atoms with Crippen molar-refractivity contribution in [3.05, 3.63) is 36.0 Å². The molecule has 0 aliphatic carbocycles. The molecule has 0 saturated carbocycles. The quantitative estimate of drug-likeness (QED) is 0.115. The Bertz CT molecular complexity index is 1550. The predicted molar refractivity (Wildman–Crippen MR) is 189 cm³/mol. The average molecular weight is 716 g/mol. The van der Waals surface area contributed by atoms with Crippen molar-refractivity contribution in [1.29, 1.82) is 0 Å². The van der Waals surface area contributed by atoms with Gasteiger partial charge in [-0.15, -0.1) is 0 Å². The number of rotatable bonds is 18. The number of aliphatic carboxylic acids is 1. The summed E-state index contributed by atoms with van der Waals surface area (Å²) in [4.78, 5) is 94.2. The number of carbonyl (C=O) groups excluding carboxylic acids is 6. The van der Waals surface area contributed by atoms with E-state index in [0.29, 0.717) is 31.6 Å². The van der Waals surface area contributed by atoms with E-state index in [1.54, 1.807) is 6.20 Å². The van der Waals surface area contributed by atoms with Crippen LogP contribution in [0.15, 0.2) is 30.5 Å². The zero-order valence-electron chi connectivity index (χ0n) is 29.2. The maximum absolute atomic E-state index is 13.6. The van der Waals surface area contributed by atoms with E-state index in [2.05, 4.69) is 31.6 Å². The molecule has 274 valence electrons. The molecular weight excluding hydrogens is 666 g/mol. The van der Waals surface area contributed by atoms with E-state index >= 15 is 0 Å². The normalized spacial score (nSPS) is 16.6. The second kappa shape index (κ2) is 19.0. The summed E-state index contributed by atoms with van der Waals surface area (Å²) >= 11 is 1.45. The average Bonchev–Trinajstić information content (AvgIpc) is 3.72. The van der Waals surface area contributed by atoms with Gasteiger partial charge in [-0.05, 0) is 62.2 Å². The summed E-state index contributed by atoms with van der Waals surface area (Å²) in [5.41, 5.74) is 1.55. The number of benzene rings is 1. The molecule has 5 unspecified atom stereocenters. The molecule has 1 aliphatic heterocycles. The van der Waals surface area contributed by atoms with Crippen LogP contribution in [0.4, 0.5) is 0 Å². The first-order valence-electron chi connectivity index (χ1n) is 16.7. The van der Waals surface area contributed by atoms with Gasteiger partial charge in [0.25, 0.3) is 0 Å². The molecule has 0 radical (unpaired) electrons. The molecule has 0 spiro atoms. The van der Waals surface area contributed by atoms with Crippen LogP contribution in [0.3, 0.4) is 0 Å². The Hall–Kier alpha value is -4.60. The second-order valence-corrected chi connectivity index (χ2v) is 13.9. The number of H-pyrrole nitrogens is 1. The van der Waals surface area contributed by atoms with E-state index in [1.807, 2.05) is 44.4 Å². The molecule has 1 fully saturated rings.